The minimum atomic E-state index is -0.170. The molecule has 0 bridgehead atoms. The normalized spacial score (nSPS) is 10.9. The molecule has 0 aliphatic carbocycles. The number of carbonyl (C=O) groups is 1. The first kappa shape index (κ1) is 24.5. The summed E-state index contributed by atoms with van der Waals surface area (Å²) in [6.45, 7) is 6.61. The van der Waals surface area contributed by atoms with Gasteiger partial charge in [-0.1, -0.05) is 66.7 Å². The Bertz CT molecular complexity index is 1320. The summed E-state index contributed by atoms with van der Waals surface area (Å²) < 4.78 is 7.28. The average Bonchev–Trinajstić information content (AvgIpc) is 3.28. The number of aryl methyl sites for hydroxylation is 3. The van der Waals surface area contributed by atoms with Crippen LogP contribution in [-0.4, -0.2) is 27.8 Å². The van der Waals surface area contributed by atoms with Gasteiger partial charge in [-0.25, -0.2) is 0 Å². The third kappa shape index (κ3) is 5.74. The Kier molecular flexibility index (Phi) is 7.87. The zero-order chi connectivity index (χ0) is 24.8. The minimum absolute atomic E-state index is 0.170. The molecule has 0 unspecified atom stereocenters. The van der Waals surface area contributed by atoms with E-state index < -0.39 is 0 Å². The molecular formula is C28H30N4O2S. The van der Waals surface area contributed by atoms with Gasteiger partial charge in [0.05, 0.1) is 19.3 Å². The van der Waals surface area contributed by atoms with Gasteiger partial charge in [0.15, 0.2) is 11.0 Å². The summed E-state index contributed by atoms with van der Waals surface area (Å²) in [5.41, 5.74) is 6.48. The van der Waals surface area contributed by atoms with Gasteiger partial charge in [0, 0.05) is 11.3 Å². The Hall–Kier alpha value is -3.58. The van der Waals surface area contributed by atoms with E-state index in [-0.39, 0.29) is 12.5 Å². The van der Waals surface area contributed by atoms with Gasteiger partial charge in [0.1, 0.15) is 5.75 Å². The summed E-state index contributed by atoms with van der Waals surface area (Å²) in [4.78, 5) is 12.8. The van der Waals surface area contributed by atoms with Crippen LogP contribution in [-0.2, 0) is 18.7 Å². The highest BCUT2D eigenvalue weighted by molar-refractivity contribution is 7.98. The number of thioether (sulfide) groups is 1. The van der Waals surface area contributed by atoms with E-state index in [0.717, 1.165) is 28.6 Å². The Labute approximate surface area is 210 Å². The van der Waals surface area contributed by atoms with Crippen LogP contribution in [0.3, 0.4) is 0 Å². The Balaban J connectivity index is 1.63. The van der Waals surface area contributed by atoms with Crippen LogP contribution < -0.4 is 10.1 Å². The lowest BCUT2D eigenvalue weighted by atomic mass is 10.1. The summed E-state index contributed by atoms with van der Waals surface area (Å²) in [5.74, 6) is 2.02. The van der Waals surface area contributed by atoms with Crippen LogP contribution in [0.5, 0.6) is 5.75 Å². The summed E-state index contributed by atoms with van der Waals surface area (Å²) in [6.07, 6.45) is 0.884. The van der Waals surface area contributed by atoms with Gasteiger partial charge >= 0.3 is 0 Å². The molecule has 7 heteroatoms. The maximum Gasteiger partial charge on any atom is 0.251 e. The number of nitrogens with zero attached hydrogens (tertiary/aromatic N) is 3. The van der Waals surface area contributed by atoms with Crippen molar-refractivity contribution in [3.8, 4) is 11.4 Å². The van der Waals surface area contributed by atoms with Crippen molar-refractivity contribution >= 4 is 17.7 Å². The number of ether oxygens (including phenoxy) is 1. The standard InChI is InChI=1S/C28H30N4O2S/c1-5-22-11-7-9-20(3)26(22)32-25(17-29-27(33)23-12-14-24(34-4)15-13-23)30-31-28(32)35-18-21-10-6-8-19(2)16-21/h6-16H,5,17-18H2,1-4H3,(H,29,33). The predicted molar refractivity (Wildman–Crippen MR) is 140 cm³/mol. The van der Waals surface area contributed by atoms with Gasteiger partial charge < -0.3 is 10.1 Å². The molecule has 6 nitrogen and oxygen atoms in total. The monoisotopic (exact) mass is 486 g/mol. The molecule has 0 fully saturated rings. The van der Waals surface area contributed by atoms with Gasteiger partial charge in [0.25, 0.3) is 5.91 Å². The second-order valence-corrected chi connectivity index (χ2v) is 9.30. The van der Waals surface area contributed by atoms with E-state index in [0.29, 0.717) is 17.1 Å². The Morgan fingerprint density at radius 1 is 1.03 bits per heavy atom. The molecule has 35 heavy (non-hydrogen) atoms. The number of hydrogen-bond donors (Lipinski definition) is 1. The zero-order valence-corrected chi connectivity index (χ0v) is 21.4. The van der Waals surface area contributed by atoms with Crippen LogP contribution in [0.25, 0.3) is 5.69 Å². The maximum absolute atomic E-state index is 12.8. The average molecular weight is 487 g/mol. The molecule has 180 valence electrons. The maximum atomic E-state index is 12.8. The number of benzene rings is 3. The zero-order valence-electron chi connectivity index (χ0n) is 20.5. The second-order valence-electron chi connectivity index (χ2n) is 8.36. The van der Waals surface area contributed by atoms with Crippen LogP contribution in [0.2, 0.25) is 0 Å². The molecule has 0 spiro atoms. The number of rotatable bonds is 9. The van der Waals surface area contributed by atoms with Crippen LogP contribution in [0.1, 0.15) is 45.4 Å². The molecule has 1 heterocycles. The quantitative estimate of drug-likeness (QED) is 0.308. The number of nitrogens with one attached hydrogen (secondary N) is 1. The van der Waals surface area contributed by atoms with Crippen molar-refractivity contribution in [3.05, 3.63) is 100 Å². The van der Waals surface area contributed by atoms with Crippen molar-refractivity contribution in [2.24, 2.45) is 0 Å². The SMILES string of the molecule is CCc1cccc(C)c1-n1c(CNC(=O)c2ccc(OC)cc2)nnc1SCc1cccc(C)c1. The van der Waals surface area contributed by atoms with Gasteiger partial charge in [-0.3, -0.25) is 9.36 Å². The molecule has 1 amide bonds. The molecule has 0 aliphatic heterocycles. The summed E-state index contributed by atoms with van der Waals surface area (Å²) in [6, 6.07) is 21.9. The fraction of sp³-hybridized carbons (Fsp3) is 0.250. The van der Waals surface area contributed by atoms with Crippen LogP contribution in [0.4, 0.5) is 0 Å². The molecule has 4 rings (SSSR count). The highest BCUT2D eigenvalue weighted by atomic mass is 32.2. The first-order valence-electron chi connectivity index (χ1n) is 11.6. The third-order valence-electron chi connectivity index (χ3n) is 5.84. The van der Waals surface area contributed by atoms with Crippen molar-refractivity contribution in [2.45, 2.75) is 44.6 Å². The first-order chi connectivity index (χ1) is 17.0. The number of methoxy groups -OCH3 is 1. The molecule has 0 aliphatic rings. The van der Waals surface area contributed by atoms with E-state index >= 15 is 0 Å². The number of hydrogen-bond acceptors (Lipinski definition) is 5. The molecule has 0 atom stereocenters. The molecule has 4 aromatic rings. The van der Waals surface area contributed by atoms with Gasteiger partial charge in [-0.15, -0.1) is 10.2 Å². The summed E-state index contributed by atoms with van der Waals surface area (Å²) in [7, 11) is 1.60. The van der Waals surface area contributed by atoms with Crippen molar-refractivity contribution in [2.75, 3.05) is 7.11 Å². The molecule has 0 saturated carbocycles. The molecule has 0 radical (unpaired) electrons. The van der Waals surface area contributed by atoms with Crippen molar-refractivity contribution < 1.29 is 9.53 Å². The van der Waals surface area contributed by atoms with Gasteiger partial charge in [-0.2, -0.15) is 0 Å². The number of aromatic nitrogens is 3. The van der Waals surface area contributed by atoms with Crippen molar-refractivity contribution in [3.63, 3.8) is 0 Å². The van der Waals surface area contributed by atoms with Gasteiger partial charge in [0.2, 0.25) is 0 Å². The van der Waals surface area contributed by atoms with E-state index in [2.05, 4.69) is 83.3 Å². The molecule has 1 aromatic heterocycles. The predicted octanol–water partition coefficient (Wildman–Crippen LogP) is 5.68. The summed E-state index contributed by atoms with van der Waals surface area (Å²) in [5, 5.41) is 12.8. The molecular weight excluding hydrogens is 456 g/mol. The lowest BCUT2D eigenvalue weighted by Crippen LogP contribution is -2.25. The van der Waals surface area contributed by atoms with E-state index in [1.807, 2.05) is 0 Å². The van der Waals surface area contributed by atoms with Crippen LogP contribution >= 0.6 is 11.8 Å². The van der Waals surface area contributed by atoms with Gasteiger partial charge in [-0.05, 0) is 61.2 Å². The second kappa shape index (κ2) is 11.2. The largest absolute Gasteiger partial charge is 0.497 e. The van der Waals surface area contributed by atoms with E-state index in [4.69, 9.17) is 4.74 Å². The molecule has 3 aromatic carbocycles. The summed E-state index contributed by atoms with van der Waals surface area (Å²) >= 11 is 1.65. The highest BCUT2D eigenvalue weighted by Crippen LogP contribution is 2.29. The van der Waals surface area contributed by atoms with E-state index in [9.17, 15) is 4.79 Å². The van der Waals surface area contributed by atoms with Crippen LogP contribution in [0, 0.1) is 13.8 Å². The number of para-hydroxylation sites is 1. The number of amides is 1. The smallest absolute Gasteiger partial charge is 0.251 e. The number of carbonyl (C=O) groups excluding carboxylic acids is 1. The fourth-order valence-corrected chi connectivity index (χ4v) is 4.91. The van der Waals surface area contributed by atoms with Crippen molar-refractivity contribution in [1.29, 1.82) is 0 Å². The minimum Gasteiger partial charge on any atom is -0.497 e. The first-order valence-corrected chi connectivity index (χ1v) is 12.6. The topological polar surface area (TPSA) is 69.0 Å². The molecule has 1 N–H and O–H groups in total. The molecule has 0 saturated heterocycles. The van der Waals surface area contributed by atoms with E-state index in [1.165, 1.54) is 16.7 Å². The Morgan fingerprint density at radius 2 is 1.80 bits per heavy atom. The lowest BCUT2D eigenvalue weighted by molar-refractivity contribution is 0.0949. The highest BCUT2D eigenvalue weighted by Gasteiger charge is 2.19. The Morgan fingerprint density at radius 3 is 2.51 bits per heavy atom. The fourth-order valence-electron chi connectivity index (χ4n) is 4.01. The third-order valence-corrected chi connectivity index (χ3v) is 6.84. The van der Waals surface area contributed by atoms with Crippen LogP contribution in [0.15, 0.2) is 71.9 Å². The van der Waals surface area contributed by atoms with Crippen molar-refractivity contribution in [1.82, 2.24) is 20.1 Å². The van der Waals surface area contributed by atoms with E-state index in [1.54, 1.807) is 43.1 Å². The lowest BCUT2D eigenvalue weighted by Gasteiger charge is -2.17.